The van der Waals surface area contributed by atoms with E-state index in [1.807, 2.05) is 0 Å². The highest BCUT2D eigenvalue weighted by atomic mass is 32.2. The molecule has 1 aliphatic rings. The van der Waals surface area contributed by atoms with Crippen LogP contribution < -0.4 is 10.6 Å². The minimum atomic E-state index is -3.06. The first-order valence-electron chi connectivity index (χ1n) is 5.57. The zero-order chi connectivity index (χ0) is 14.0. The van der Waals surface area contributed by atoms with Crippen molar-refractivity contribution in [3.63, 3.8) is 0 Å². The van der Waals surface area contributed by atoms with Crippen LogP contribution in [0, 0.1) is 10.1 Å². The third kappa shape index (κ3) is 3.08. The summed E-state index contributed by atoms with van der Waals surface area (Å²) in [5, 5.41) is 16.4. The fraction of sp³-hybridized carbons (Fsp3) is 0.556. The molecule has 9 nitrogen and oxygen atoms in total. The van der Waals surface area contributed by atoms with Gasteiger partial charge in [0.05, 0.1) is 16.4 Å². The Morgan fingerprint density at radius 2 is 2.26 bits per heavy atom. The molecule has 0 bridgehead atoms. The quantitative estimate of drug-likeness (QED) is 0.586. The number of nitrogens with zero attached hydrogens (tertiary/aromatic N) is 3. The second kappa shape index (κ2) is 4.96. The number of aromatic nitrogens is 2. The average Bonchev–Trinajstić information content (AvgIpc) is 2.68. The van der Waals surface area contributed by atoms with E-state index in [1.54, 1.807) is 7.05 Å². The van der Waals surface area contributed by atoms with Gasteiger partial charge in [-0.1, -0.05) is 0 Å². The van der Waals surface area contributed by atoms with Crippen LogP contribution >= 0.6 is 0 Å². The molecule has 2 rings (SSSR count). The molecule has 1 atom stereocenters. The highest BCUT2D eigenvalue weighted by Gasteiger charge is 2.30. The molecular formula is C9H13N5O4S. The van der Waals surface area contributed by atoms with E-state index in [9.17, 15) is 18.5 Å². The molecule has 10 heteroatoms. The van der Waals surface area contributed by atoms with Crippen LogP contribution in [0.3, 0.4) is 0 Å². The summed E-state index contributed by atoms with van der Waals surface area (Å²) in [7, 11) is -1.47. The normalized spacial score (nSPS) is 21.0. The van der Waals surface area contributed by atoms with Crippen molar-refractivity contribution in [3.05, 3.63) is 16.3 Å². The molecule has 1 saturated heterocycles. The lowest BCUT2D eigenvalue weighted by Gasteiger charge is -2.12. The summed E-state index contributed by atoms with van der Waals surface area (Å²) < 4.78 is 22.7. The molecule has 104 valence electrons. The summed E-state index contributed by atoms with van der Waals surface area (Å²) in [6.45, 7) is 0. The van der Waals surface area contributed by atoms with E-state index in [2.05, 4.69) is 20.6 Å². The number of sulfone groups is 1. The van der Waals surface area contributed by atoms with Crippen molar-refractivity contribution in [1.29, 1.82) is 0 Å². The molecule has 2 N–H and O–H groups in total. The average molecular weight is 287 g/mol. The van der Waals surface area contributed by atoms with Gasteiger partial charge in [-0.05, 0) is 6.42 Å². The summed E-state index contributed by atoms with van der Waals surface area (Å²) in [5.74, 6) is 0.311. The number of anilines is 2. The Hall–Kier alpha value is -1.97. The molecule has 1 fully saturated rings. The topological polar surface area (TPSA) is 127 Å². The van der Waals surface area contributed by atoms with Gasteiger partial charge in [0, 0.05) is 13.1 Å². The summed E-state index contributed by atoms with van der Waals surface area (Å²) in [5.41, 5.74) is -0.275. The van der Waals surface area contributed by atoms with Gasteiger partial charge in [-0.15, -0.1) is 0 Å². The van der Waals surface area contributed by atoms with Crippen molar-refractivity contribution in [1.82, 2.24) is 9.97 Å². The summed E-state index contributed by atoms with van der Waals surface area (Å²) >= 11 is 0. The predicted molar refractivity (Wildman–Crippen MR) is 68.9 cm³/mol. The molecule has 0 aliphatic carbocycles. The minimum absolute atomic E-state index is 0.0338. The van der Waals surface area contributed by atoms with Gasteiger partial charge in [-0.3, -0.25) is 10.1 Å². The second-order valence-electron chi connectivity index (χ2n) is 4.18. The highest BCUT2D eigenvalue weighted by Crippen LogP contribution is 2.25. The van der Waals surface area contributed by atoms with Crippen molar-refractivity contribution < 1.29 is 13.3 Å². The van der Waals surface area contributed by atoms with Crippen molar-refractivity contribution in [3.8, 4) is 0 Å². The van der Waals surface area contributed by atoms with Gasteiger partial charge in [0.2, 0.25) is 11.8 Å². The molecule has 1 unspecified atom stereocenters. The molecule has 0 aromatic carbocycles. The van der Waals surface area contributed by atoms with E-state index in [0.717, 1.165) is 6.20 Å². The lowest BCUT2D eigenvalue weighted by atomic mass is 10.2. The van der Waals surface area contributed by atoms with Gasteiger partial charge in [-0.2, -0.15) is 4.98 Å². The Bertz CT molecular complexity index is 603. The van der Waals surface area contributed by atoms with Crippen LogP contribution in [0.1, 0.15) is 6.42 Å². The first kappa shape index (κ1) is 13.5. The first-order valence-corrected chi connectivity index (χ1v) is 7.39. The zero-order valence-corrected chi connectivity index (χ0v) is 11.0. The molecule has 1 aliphatic heterocycles. The Morgan fingerprint density at radius 1 is 1.53 bits per heavy atom. The zero-order valence-electron chi connectivity index (χ0n) is 10.2. The summed E-state index contributed by atoms with van der Waals surface area (Å²) in [6.07, 6.45) is 1.50. The maximum atomic E-state index is 11.4. The van der Waals surface area contributed by atoms with Crippen LogP contribution in [0.2, 0.25) is 0 Å². The molecule has 1 aromatic rings. The molecule has 19 heavy (non-hydrogen) atoms. The Kier molecular flexibility index (Phi) is 3.51. The Morgan fingerprint density at radius 3 is 2.79 bits per heavy atom. The van der Waals surface area contributed by atoms with Gasteiger partial charge in [0.15, 0.2) is 9.84 Å². The van der Waals surface area contributed by atoms with Gasteiger partial charge in [0.1, 0.15) is 6.20 Å². The smallest absolute Gasteiger partial charge is 0.329 e. The summed E-state index contributed by atoms with van der Waals surface area (Å²) in [4.78, 5) is 18.0. The number of rotatable bonds is 4. The van der Waals surface area contributed by atoms with Crippen LogP contribution in [0.15, 0.2) is 6.20 Å². The predicted octanol–water partition coefficient (Wildman–Crippen LogP) is 0.0255. The Balaban J connectivity index is 2.25. The number of hydrogen-bond acceptors (Lipinski definition) is 8. The van der Waals surface area contributed by atoms with E-state index in [1.165, 1.54) is 0 Å². The fourth-order valence-corrected chi connectivity index (χ4v) is 3.51. The third-order valence-electron chi connectivity index (χ3n) is 2.76. The molecule has 1 aromatic heterocycles. The van der Waals surface area contributed by atoms with Gasteiger partial charge < -0.3 is 10.6 Å². The van der Waals surface area contributed by atoms with E-state index >= 15 is 0 Å². The van der Waals surface area contributed by atoms with Crippen molar-refractivity contribution in [2.45, 2.75) is 12.5 Å². The molecule has 0 radical (unpaired) electrons. The van der Waals surface area contributed by atoms with Gasteiger partial charge in [-0.25, -0.2) is 13.4 Å². The fourth-order valence-electron chi connectivity index (χ4n) is 1.84. The largest absolute Gasteiger partial charge is 0.360 e. The number of hydrogen-bond donors (Lipinski definition) is 2. The molecular weight excluding hydrogens is 274 g/mol. The number of nitrogens with one attached hydrogen (secondary N) is 2. The van der Waals surface area contributed by atoms with Crippen LogP contribution in [0.25, 0.3) is 0 Å². The monoisotopic (exact) mass is 287 g/mol. The summed E-state index contributed by atoms with van der Waals surface area (Å²) in [6, 6.07) is -0.358. The van der Waals surface area contributed by atoms with Crippen LogP contribution in [0.5, 0.6) is 0 Å². The molecule has 2 heterocycles. The van der Waals surface area contributed by atoms with E-state index in [-0.39, 0.29) is 35.0 Å². The lowest BCUT2D eigenvalue weighted by Crippen LogP contribution is -2.22. The third-order valence-corrected chi connectivity index (χ3v) is 4.53. The second-order valence-corrected chi connectivity index (χ2v) is 6.41. The lowest BCUT2D eigenvalue weighted by molar-refractivity contribution is -0.384. The molecule has 0 saturated carbocycles. The standard InChI is InChI=1S/C9H13N5O4S/c1-10-9-11-4-7(14(15)16)8(13-9)12-6-2-3-19(17,18)5-6/h4,6H,2-3,5H2,1H3,(H2,10,11,12,13). The maximum Gasteiger partial charge on any atom is 0.329 e. The SMILES string of the molecule is CNc1ncc([N+](=O)[O-])c(NC2CCS(=O)(=O)C2)n1. The minimum Gasteiger partial charge on any atom is -0.360 e. The number of nitro groups is 1. The van der Waals surface area contributed by atoms with Crippen LogP contribution in [-0.4, -0.2) is 47.9 Å². The molecule has 0 amide bonds. The Labute approximate surface area is 109 Å². The van der Waals surface area contributed by atoms with Crippen molar-refractivity contribution in [2.24, 2.45) is 0 Å². The first-order chi connectivity index (χ1) is 8.91. The van der Waals surface area contributed by atoms with Gasteiger partial charge in [0.25, 0.3) is 0 Å². The van der Waals surface area contributed by atoms with E-state index in [0.29, 0.717) is 6.42 Å². The maximum absolute atomic E-state index is 11.4. The highest BCUT2D eigenvalue weighted by molar-refractivity contribution is 7.91. The molecule has 0 spiro atoms. The van der Waals surface area contributed by atoms with Crippen LogP contribution in [0.4, 0.5) is 17.5 Å². The van der Waals surface area contributed by atoms with Crippen molar-refractivity contribution >= 4 is 27.3 Å². The van der Waals surface area contributed by atoms with Gasteiger partial charge >= 0.3 is 5.69 Å². The van der Waals surface area contributed by atoms with E-state index < -0.39 is 14.8 Å². The van der Waals surface area contributed by atoms with E-state index in [4.69, 9.17) is 0 Å². The van der Waals surface area contributed by atoms with Crippen molar-refractivity contribution in [2.75, 3.05) is 29.2 Å². The van der Waals surface area contributed by atoms with Crippen LogP contribution in [-0.2, 0) is 9.84 Å².